The van der Waals surface area contributed by atoms with Crippen molar-refractivity contribution in [3.05, 3.63) is 16.8 Å². The predicted octanol–water partition coefficient (Wildman–Crippen LogP) is 4.11. The Bertz CT molecular complexity index is 1220. The maximum atomic E-state index is 13.7. The molecule has 2 aromatic rings. The van der Waals surface area contributed by atoms with E-state index in [0.29, 0.717) is 11.2 Å². The number of ether oxygens (including phenoxy) is 5. The zero-order valence-electron chi connectivity index (χ0n) is 21.9. The number of rotatable bonds is 11. The van der Waals surface area contributed by atoms with Gasteiger partial charge in [-0.1, -0.05) is 11.6 Å². The zero-order chi connectivity index (χ0) is 27.9. The molecular weight excluding hydrogens is 566 g/mol. The molecule has 16 heteroatoms. The lowest BCUT2D eigenvalue weighted by Crippen LogP contribution is -2.44. The van der Waals surface area contributed by atoms with Crippen LogP contribution in [0.4, 0.5) is 0 Å². The van der Waals surface area contributed by atoms with Gasteiger partial charge in [0.15, 0.2) is 22.8 Å². The molecule has 0 saturated carbocycles. The minimum atomic E-state index is -4.13. The van der Waals surface area contributed by atoms with Gasteiger partial charge in [0.1, 0.15) is 23.8 Å². The van der Waals surface area contributed by atoms with Crippen LogP contribution in [0.5, 0.6) is 0 Å². The Hall–Kier alpha value is -1.41. The molecule has 2 saturated heterocycles. The lowest BCUT2D eigenvalue weighted by atomic mass is 10.1. The number of halogens is 2. The number of imidazole rings is 1. The average Bonchev–Trinajstić information content (AvgIpc) is 3.48. The predicted molar refractivity (Wildman–Crippen MR) is 135 cm³/mol. The van der Waals surface area contributed by atoms with Crippen LogP contribution in [0.2, 0.25) is 10.4 Å². The molecule has 0 radical (unpaired) electrons. The number of carbonyl (C=O) groups is 1. The molecule has 5 atom stereocenters. The first kappa shape index (κ1) is 29.6. The van der Waals surface area contributed by atoms with Gasteiger partial charge in [-0.05, 0) is 53.1 Å². The zero-order valence-corrected chi connectivity index (χ0v) is 24.3. The van der Waals surface area contributed by atoms with Gasteiger partial charge in [-0.15, -0.1) is 0 Å². The molecule has 212 valence electrons. The summed E-state index contributed by atoms with van der Waals surface area (Å²) in [5.41, 5.74) is 0.667. The Morgan fingerprint density at radius 2 is 1.79 bits per heavy atom. The minimum Gasteiger partial charge on any atom is -0.463 e. The number of carbonyl (C=O) groups excluding carboxylic acids is 1. The van der Waals surface area contributed by atoms with E-state index < -0.39 is 49.2 Å². The maximum Gasteiger partial charge on any atom is 0.373 e. The molecule has 0 spiro atoms. The second kappa shape index (κ2) is 11.2. The summed E-state index contributed by atoms with van der Waals surface area (Å²) in [6, 6.07) is 0. The molecule has 0 aromatic carbocycles. The molecule has 2 fully saturated rings. The van der Waals surface area contributed by atoms with E-state index in [-0.39, 0.29) is 36.9 Å². The highest BCUT2D eigenvalue weighted by Crippen LogP contribution is 2.61. The van der Waals surface area contributed by atoms with Crippen LogP contribution in [0.25, 0.3) is 11.2 Å². The highest BCUT2D eigenvalue weighted by molar-refractivity contribution is 7.56. The molecule has 2 aliphatic heterocycles. The van der Waals surface area contributed by atoms with Crippen molar-refractivity contribution < 1.29 is 42.1 Å². The molecule has 0 aliphatic carbocycles. The molecule has 0 N–H and O–H groups in total. The van der Waals surface area contributed by atoms with Gasteiger partial charge in [0.25, 0.3) is 5.34 Å². The third kappa shape index (κ3) is 5.33. The van der Waals surface area contributed by atoms with E-state index in [4.69, 9.17) is 55.9 Å². The summed E-state index contributed by atoms with van der Waals surface area (Å²) < 4.78 is 56.0. The number of aromatic nitrogens is 4. The third-order valence-electron chi connectivity index (χ3n) is 6.05. The van der Waals surface area contributed by atoms with Gasteiger partial charge in [0.05, 0.1) is 32.8 Å². The smallest absolute Gasteiger partial charge is 0.373 e. The number of hydrogen-bond acceptors (Lipinski definition) is 12. The first-order valence-corrected chi connectivity index (χ1v) is 14.5. The largest absolute Gasteiger partial charge is 0.463 e. The SMILES string of the molecule is CCOC(=O)C(C)(OC[C@H]1O[C@@H](n2cnc3c(Cl)nc(Cl)nc32)[C@@H]2OC(C)(C)O[C@@H]21)P(=O)(OCC)OCC. The Morgan fingerprint density at radius 1 is 1.13 bits per heavy atom. The summed E-state index contributed by atoms with van der Waals surface area (Å²) in [6.07, 6.45) is -1.32. The van der Waals surface area contributed by atoms with Crippen molar-refractivity contribution in [2.75, 3.05) is 26.4 Å². The highest BCUT2D eigenvalue weighted by Gasteiger charge is 2.60. The van der Waals surface area contributed by atoms with Gasteiger partial charge in [-0.25, -0.2) is 14.8 Å². The van der Waals surface area contributed by atoms with E-state index in [1.807, 2.05) is 0 Å². The fourth-order valence-electron chi connectivity index (χ4n) is 4.44. The van der Waals surface area contributed by atoms with Gasteiger partial charge in [0, 0.05) is 0 Å². The lowest BCUT2D eigenvalue weighted by molar-refractivity contribution is -0.206. The van der Waals surface area contributed by atoms with Crippen LogP contribution >= 0.6 is 30.8 Å². The van der Waals surface area contributed by atoms with Crippen molar-refractivity contribution in [3.8, 4) is 0 Å². The fraction of sp³-hybridized carbons (Fsp3) is 0.727. The van der Waals surface area contributed by atoms with Crippen molar-refractivity contribution in [3.63, 3.8) is 0 Å². The van der Waals surface area contributed by atoms with Crippen molar-refractivity contribution in [2.45, 2.75) is 77.2 Å². The van der Waals surface area contributed by atoms with Gasteiger partial charge >= 0.3 is 13.6 Å². The van der Waals surface area contributed by atoms with Crippen LogP contribution in [0.1, 0.15) is 47.8 Å². The minimum absolute atomic E-state index is 0.0220. The molecule has 13 nitrogen and oxygen atoms in total. The number of esters is 1. The van der Waals surface area contributed by atoms with Gasteiger partial charge in [-0.3, -0.25) is 9.13 Å². The topological polar surface area (TPSA) is 142 Å². The van der Waals surface area contributed by atoms with E-state index >= 15 is 0 Å². The number of fused-ring (bicyclic) bond motifs is 2. The number of nitrogens with zero attached hydrogens (tertiary/aromatic N) is 4. The second-order valence-electron chi connectivity index (χ2n) is 9.08. The first-order valence-electron chi connectivity index (χ1n) is 12.2. The summed E-state index contributed by atoms with van der Waals surface area (Å²) in [4.78, 5) is 25.5. The highest BCUT2D eigenvalue weighted by atomic mass is 35.5. The second-order valence-corrected chi connectivity index (χ2v) is 12.1. The van der Waals surface area contributed by atoms with Crippen LogP contribution in [0.15, 0.2) is 6.33 Å². The van der Waals surface area contributed by atoms with E-state index in [0.717, 1.165) is 0 Å². The standard InChI is InChI=1S/C22H31Cl2N4O9P/c1-7-31-19(29)22(6,38(30,33-8-2)34-9-3)32-10-12-14-15(37-21(4,5)36-14)18(35-12)28-11-25-13-16(23)26-20(24)27-17(13)28/h11-12,14-15,18H,7-10H2,1-6H3/t12-,14-,15-,18-,22?/m1/s1. The van der Waals surface area contributed by atoms with E-state index in [1.165, 1.54) is 13.3 Å². The van der Waals surface area contributed by atoms with Crippen LogP contribution in [-0.4, -0.2) is 81.4 Å². The molecule has 4 rings (SSSR count). The van der Waals surface area contributed by atoms with Crippen molar-refractivity contribution >= 4 is 47.9 Å². The summed E-state index contributed by atoms with van der Waals surface area (Å²) in [5, 5.41) is -2.04. The molecule has 0 bridgehead atoms. The van der Waals surface area contributed by atoms with Crippen LogP contribution < -0.4 is 0 Å². The normalized spacial score (nSPS) is 26.4. The Balaban J connectivity index is 1.66. The average molecular weight is 597 g/mol. The van der Waals surface area contributed by atoms with Crippen LogP contribution in [0, 0.1) is 0 Å². The third-order valence-corrected chi connectivity index (χ3v) is 9.04. The van der Waals surface area contributed by atoms with Crippen molar-refractivity contribution in [2.24, 2.45) is 0 Å². The Morgan fingerprint density at radius 3 is 2.42 bits per heavy atom. The summed E-state index contributed by atoms with van der Waals surface area (Å²) in [6.45, 7) is 9.60. The summed E-state index contributed by atoms with van der Waals surface area (Å²) >= 11 is 12.2. The molecule has 1 unspecified atom stereocenters. The molecule has 0 amide bonds. The van der Waals surface area contributed by atoms with E-state index in [1.54, 1.807) is 39.2 Å². The summed E-state index contributed by atoms with van der Waals surface area (Å²) in [7, 11) is -4.13. The monoisotopic (exact) mass is 596 g/mol. The fourth-order valence-corrected chi connectivity index (χ4v) is 6.63. The Kier molecular flexibility index (Phi) is 8.74. The maximum absolute atomic E-state index is 13.7. The lowest BCUT2D eigenvalue weighted by Gasteiger charge is -2.34. The quantitative estimate of drug-likeness (QED) is 0.159. The molecule has 38 heavy (non-hydrogen) atoms. The van der Waals surface area contributed by atoms with E-state index in [2.05, 4.69) is 15.0 Å². The van der Waals surface area contributed by atoms with Crippen molar-refractivity contribution in [1.29, 1.82) is 0 Å². The van der Waals surface area contributed by atoms with Crippen LogP contribution in [0.3, 0.4) is 0 Å². The molecule has 2 aromatic heterocycles. The summed E-state index contributed by atoms with van der Waals surface area (Å²) in [5.74, 6) is -1.84. The molecule has 4 heterocycles. The van der Waals surface area contributed by atoms with Crippen LogP contribution in [-0.2, 0) is 42.1 Å². The number of hydrogen-bond donors (Lipinski definition) is 0. The van der Waals surface area contributed by atoms with Gasteiger partial charge < -0.3 is 32.7 Å². The first-order chi connectivity index (χ1) is 17.9. The van der Waals surface area contributed by atoms with Gasteiger partial charge in [-0.2, -0.15) is 4.98 Å². The van der Waals surface area contributed by atoms with Gasteiger partial charge in [0.2, 0.25) is 5.28 Å². The Labute approximate surface area is 229 Å². The van der Waals surface area contributed by atoms with Crippen molar-refractivity contribution in [1.82, 2.24) is 19.5 Å². The van der Waals surface area contributed by atoms with E-state index in [9.17, 15) is 9.36 Å². The molecule has 2 aliphatic rings. The molecular formula is C22H31Cl2N4O9P.